The number of halogens is 1. The third-order valence-corrected chi connectivity index (χ3v) is 3.25. The van der Waals surface area contributed by atoms with Gasteiger partial charge >= 0.3 is 0 Å². The molecule has 0 saturated carbocycles. The van der Waals surface area contributed by atoms with Crippen molar-refractivity contribution in [3.05, 3.63) is 29.6 Å². The predicted octanol–water partition coefficient (Wildman–Crippen LogP) is 3.46. The van der Waals surface area contributed by atoms with Gasteiger partial charge in [-0.15, -0.1) is 0 Å². The third kappa shape index (κ3) is 6.26. The minimum atomic E-state index is -0.232. The Hall–Kier alpha value is -0.740. The maximum atomic E-state index is 13.4. The van der Waals surface area contributed by atoms with Crippen molar-refractivity contribution in [2.75, 3.05) is 24.7 Å². The fourth-order valence-corrected chi connectivity index (χ4v) is 2.07. The molecule has 0 bridgehead atoms. The summed E-state index contributed by atoms with van der Waals surface area (Å²) in [7, 11) is 0. The monoisotopic (exact) mass is 271 g/mol. The summed E-state index contributed by atoms with van der Waals surface area (Å²) in [5.41, 5.74) is 0.932. The lowest BCUT2D eigenvalue weighted by molar-refractivity contribution is 0.341. The zero-order valence-electron chi connectivity index (χ0n) is 11.2. The van der Waals surface area contributed by atoms with Crippen molar-refractivity contribution in [3.63, 3.8) is 0 Å². The van der Waals surface area contributed by atoms with Crippen molar-refractivity contribution in [2.45, 2.75) is 26.8 Å². The number of ether oxygens (including phenoxy) is 1. The summed E-state index contributed by atoms with van der Waals surface area (Å²) in [6.07, 6.45) is 1.08. The first-order valence-electron chi connectivity index (χ1n) is 6.47. The number of hydrogen-bond donors (Lipinski definition) is 1. The Bertz CT molecular complexity index is 347. The fraction of sp³-hybridized carbons (Fsp3) is 0.571. The molecule has 0 radical (unpaired) electrons. The van der Waals surface area contributed by atoms with Crippen LogP contribution in [-0.4, -0.2) is 24.7 Å². The van der Waals surface area contributed by atoms with Crippen LogP contribution in [-0.2, 0) is 6.54 Å². The molecule has 0 aromatic heterocycles. The molecule has 1 rings (SSSR count). The molecule has 0 unspecified atom stereocenters. The van der Waals surface area contributed by atoms with E-state index >= 15 is 0 Å². The molecule has 102 valence electrons. The Morgan fingerprint density at radius 1 is 1.28 bits per heavy atom. The largest absolute Gasteiger partial charge is 0.493 e. The van der Waals surface area contributed by atoms with E-state index in [2.05, 4.69) is 19.2 Å². The highest BCUT2D eigenvalue weighted by Gasteiger charge is 2.02. The number of rotatable bonds is 9. The van der Waals surface area contributed by atoms with Gasteiger partial charge in [0.25, 0.3) is 0 Å². The van der Waals surface area contributed by atoms with E-state index in [4.69, 9.17) is 4.74 Å². The van der Waals surface area contributed by atoms with E-state index in [9.17, 15) is 4.39 Å². The first-order chi connectivity index (χ1) is 8.76. The van der Waals surface area contributed by atoms with Crippen LogP contribution in [0.15, 0.2) is 18.2 Å². The van der Waals surface area contributed by atoms with E-state index in [1.165, 1.54) is 6.07 Å². The average Bonchev–Trinajstić information content (AvgIpc) is 2.34. The minimum absolute atomic E-state index is 0.232. The molecule has 1 N–H and O–H groups in total. The van der Waals surface area contributed by atoms with E-state index < -0.39 is 0 Å². The van der Waals surface area contributed by atoms with Crippen molar-refractivity contribution in [1.29, 1.82) is 0 Å². The lowest BCUT2D eigenvalue weighted by atomic mass is 10.2. The van der Waals surface area contributed by atoms with Gasteiger partial charge in [-0.25, -0.2) is 4.39 Å². The Morgan fingerprint density at radius 2 is 2.11 bits per heavy atom. The second-order valence-corrected chi connectivity index (χ2v) is 5.41. The average molecular weight is 271 g/mol. The normalized spacial score (nSPS) is 10.6. The van der Waals surface area contributed by atoms with Gasteiger partial charge in [0.15, 0.2) is 0 Å². The molecule has 0 saturated heterocycles. The van der Waals surface area contributed by atoms with Crippen LogP contribution in [0.25, 0.3) is 0 Å². The van der Waals surface area contributed by atoms with Crippen LogP contribution in [0.1, 0.15) is 25.8 Å². The molecule has 1 aromatic carbocycles. The van der Waals surface area contributed by atoms with Crippen LogP contribution in [0.2, 0.25) is 0 Å². The molecule has 0 atom stereocenters. The number of thioether (sulfide) groups is 1. The van der Waals surface area contributed by atoms with Gasteiger partial charge < -0.3 is 10.1 Å². The number of hydrogen-bond acceptors (Lipinski definition) is 3. The predicted molar refractivity (Wildman–Crippen MR) is 76.9 cm³/mol. The Morgan fingerprint density at radius 3 is 2.83 bits per heavy atom. The van der Waals surface area contributed by atoms with E-state index in [0.29, 0.717) is 18.9 Å². The van der Waals surface area contributed by atoms with E-state index in [-0.39, 0.29) is 5.82 Å². The van der Waals surface area contributed by atoms with Crippen LogP contribution >= 0.6 is 11.8 Å². The van der Waals surface area contributed by atoms with E-state index in [1.54, 1.807) is 6.07 Å². The highest BCUT2D eigenvalue weighted by Crippen LogP contribution is 2.17. The van der Waals surface area contributed by atoms with Crippen molar-refractivity contribution in [3.8, 4) is 5.75 Å². The van der Waals surface area contributed by atoms with Gasteiger partial charge in [-0.2, -0.15) is 11.8 Å². The molecule has 4 heteroatoms. The molecular formula is C14H22FNOS. The molecule has 0 spiro atoms. The lowest BCUT2D eigenvalue weighted by Crippen LogP contribution is -2.14. The maximum absolute atomic E-state index is 13.4. The molecule has 1 aromatic rings. The van der Waals surface area contributed by atoms with Gasteiger partial charge in [-0.1, -0.05) is 13.8 Å². The first kappa shape index (κ1) is 15.3. The summed E-state index contributed by atoms with van der Waals surface area (Å²) in [6, 6.07) is 4.90. The van der Waals surface area contributed by atoms with Gasteiger partial charge in [0.1, 0.15) is 11.6 Å². The summed E-state index contributed by atoms with van der Waals surface area (Å²) in [4.78, 5) is 0. The van der Waals surface area contributed by atoms with E-state index in [1.807, 2.05) is 17.8 Å². The Labute approximate surface area is 113 Å². The summed E-state index contributed by atoms with van der Waals surface area (Å²) in [6.45, 7) is 6.48. The van der Waals surface area contributed by atoms with Crippen molar-refractivity contribution < 1.29 is 9.13 Å². The zero-order chi connectivity index (χ0) is 13.2. The van der Waals surface area contributed by atoms with Gasteiger partial charge in [-0.05, 0) is 36.4 Å². The molecule has 0 aliphatic rings. The smallest absolute Gasteiger partial charge is 0.127 e. The maximum Gasteiger partial charge on any atom is 0.127 e. The summed E-state index contributed by atoms with van der Waals surface area (Å²) < 4.78 is 18.9. The molecule has 2 nitrogen and oxygen atoms in total. The van der Waals surface area contributed by atoms with Gasteiger partial charge in [0.2, 0.25) is 0 Å². The standard InChI is InChI=1S/C14H22FNOS/c1-3-5-16-11-12-8-13(15)10-14(9-12)17-6-7-18-4-2/h8-10,16H,3-7,11H2,1-2H3. The highest BCUT2D eigenvalue weighted by atomic mass is 32.2. The summed E-state index contributed by atoms with van der Waals surface area (Å²) in [5, 5.41) is 3.26. The quantitative estimate of drug-likeness (QED) is 0.695. The third-order valence-electron chi connectivity index (χ3n) is 2.39. The van der Waals surface area contributed by atoms with Gasteiger partial charge in [0, 0.05) is 18.4 Å². The molecule has 18 heavy (non-hydrogen) atoms. The SMILES string of the molecule is CCCNCc1cc(F)cc(OCCSCC)c1. The topological polar surface area (TPSA) is 21.3 Å². The van der Waals surface area contributed by atoms with Gasteiger partial charge in [-0.3, -0.25) is 0 Å². The molecule has 0 amide bonds. The molecule has 0 aliphatic heterocycles. The number of benzene rings is 1. The number of nitrogens with one attached hydrogen (secondary N) is 1. The van der Waals surface area contributed by atoms with Crippen LogP contribution in [0.3, 0.4) is 0 Å². The van der Waals surface area contributed by atoms with Gasteiger partial charge in [0.05, 0.1) is 6.61 Å². The minimum Gasteiger partial charge on any atom is -0.493 e. The molecule has 0 aliphatic carbocycles. The molecular weight excluding hydrogens is 249 g/mol. The van der Waals surface area contributed by atoms with Crippen LogP contribution < -0.4 is 10.1 Å². The lowest BCUT2D eigenvalue weighted by Gasteiger charge is -2.09. The van der Waals surface area contributed by atoms with Crippen molar-refractivity contribution in [1.82, 2.24) is 5.32 Å². The second-order valence-electron chi connectivity index (χ2n) is 4.02. The Kier molecular flexibility index (Phi) is 7.85. The fourth-order valence-electron chi connectivity index (χ4n) is 1.58. The Balaban J connectivity index is 2.46. The van der Waals surface area contributed by atoms with Crippen LogP contribution in [0, 0.1) is 5.82 Å². The highest BCUT2D eigenvalue weighted by molar-refractivity contribution is 7.99. The van der Waals surface area contributed by atoms with Crippen LogP contribution in [0.4, 0.5) is 4.39 Å². The van der Waals surface area contributed by atoms with Crippen LogP contribution in [0.5, 0.6) is 5.75 Å². The summed E-state index contributed by atoms with van der Waals surface area (Å²) >= 11 is 1.82. The van der Waals surface area contributed by atoms with Crippen molar-refractivity contribution in [2.24, 2.45) is 0 Å². The summed E-state index contributed by atoms with van der Waals surface area (Å²) in [5.74, 6) is 2.42. The van der Waals surface area contributed by atoms with E-state index in [0.717, 1.165) is 30.0 Å². The first-order valence-corrected chi connectivity index (χ1v) is 7.62. The van der Waals surface area contributed by atoms with Crippen molar-refractivity contribution >= 4 is 11.8 Å². The molecule has 0 fully saturated rings. The molecule has 0 heterocycles. The second kappa shape index (κ2) is 9.22. The zero-order valence-corrected chi connectivity index (χ0v) is 12.0.